The van der Waals surface area contributed by atoms with E-state index < -0.39 is 0 Å². The third-order valence-electron chi connectivity index (χ3n) is 6.21. The van der Waals surface area contributed by atoms with Gasteiger partial charge in [0, 0.05) is 11.4 Å². The molecule has 1 N–H and O–H groups in total. The van der Waals surface area contributed by atoms with Crippen LogP contribution >= 0.6 is 11.3 Å². The molecule has 1 aliphatic rings. The third kappa shape index (κ3) is 5.29. The fourth-order valence-electron chi connectivity index (χ4n) is 4.47. The van der Waals surface area contributed by atoms with Gasteiger partial charge in [-0.1, -0.05) is 48.5 Å². The van der Waals surface area contributed by atoms with Gasteiger partial charge in [0.2, 0.25) is 5.91 Å². The molecule has 2 aromatic heterocycles. The number of carbonyl (C=O) groups is 1. The van der Waals surface area contributed by atoms with Gasteiger partial charge < -0.3 is 15.0 Å². The molecule has 8 heteroatoms. The molecule has 1 atom stereocenters. The zero-order valence-corrected chi connectivity index (χ0v) is 20.8. The van der Waals surface area contributed by atoms with Crippen molar-refractivity contribution in [3.63, 3.8) is 0 Å². The Balaban J connectivity index is 1.39. The second kappa shape index (κ2) is 11.0. The van der Waals surface area contributed by atoms with E-state index in [0.717, 1.165) is 38.5 Å². The van der Waals surface area contributed by atoms with Gasteiger partial charge in [0.05, 0.1) is 31.2 Å². The largest absolute Gasteiger partial charge is 0.374 e. The molecule has 0 aliphatic carbocycles. The van der Waals surface area contributed by atoms with Crippen molar-refractivity contribution < 1.29 is 13.9 Å². The maximum absolute atomic E-state index is 13.6. The van der Waals surface area contributed by atoms with Crippen molar-refractivity contribution in [1.29, 1.82) is 0 Å². The standard InChI is InChI=1S/C28H27FN4O2S/c1-2-7-25(34)33-13-12-22-24(15-33)36-28-26(22)27(30-18-31-28)32-23(20-9-4-3-5-10-20)17-35-16-19-8-6-11-21(29)14-19/h2-11,14,18,23H,12-13,15-17H2,1H3,(H,30,31,32)/b7-2+/t23-/m1/s1. The summed E-state index contributed by atoms with van der Waals surface area (Å²) in [6.45, 7) is 3.79. The smallest absolute Gasteiger partial charge is 0.246 e. The minimum atomic E-state index is -0.273. The number of halogens is 1. The van der Waals surface area contributed by atoms with Gasteiger partial charge in [-0.2, -0.15) is 0 Å². The topological polar surface area (TPSA) is 67.4 Å². The van der Waals surface area contributed by atoms with Gasteiger partial charge in [-0.15, -0.1) is 11.3 Å². The van der Waals surface area contributed by atoms with Gasteiger partial charge >= 0.3 is 0 Å². The van der Waals surface area contributed by atoms with E-state index in [1.54, 1.807) is 35.9 Å². The van der Waals surface area contributed by atoms with Gasteiger partial charge in [-0.05, 0) is 48.2 Å². The molecule has 0 fully saturated rings. The summed E-state index contributed by atoms with van der Waals surface area (Å²) in [5.74, 6) is 0.518. The zero-order valence-electron chi connectivity index (χ0n) is 20.0. The number of benzene rings is 2. The number of rotatable bonds is 8. The maximum atomic E-state index is 13.6. The Morgan fingerprint density at radius 2 is 2.08 bits per heavy atom. The van der Waals surface area contributed by atoms with Crippen LogP contribution in [0.2, 0.25) is 0 Å². The maximum Gasteiger partial charge on any atom is 0.246 e. The number of ether oxygens (including phenoxy) is 1. The molecule has 36 heavy (non-hydrogen) atoms. The van der Waals surface area contributed by atoms with Crippen molar-refractivity contribution in [1.82, 2.24) is 14.9 Å². The molecular weight excluding hydrogens is 475 g/mol. The van der Waals surface area contributed by atoms with Gasteiger partial charge in [-0.3, -0.25) is 4.79 Å². The molecule has 0 unspecified atom stereocenters. The third-order valence-corrected chi connectivity index (χ3v) is 7.34. The zero-order chi connectivity index (χ0) is 24.9. The van der Waals surface area contributed by atoms with Crippen LogP contribution in [0.15, 0.2) is 73.1 Å². The van der Waals surface area contributed by atoms with E-state index in [1.165, 1.54) is 17.7 Å². The first-order chi connectivity index (χ1) is 17.6. The van der Waals surface area contributed by atoms with Crippen LogP contribution in [0.4, 0.5) is 10.2 Å². The SMILES string of the molecule is C/C=C/C(=O)N1CCc2c(sc3ncnc(N[C@H](COCc4cccc(F)c4)c4ccccc4)c23)C1. The Bertz CT molecular complexity index is 1390. The second-order valence-corrected chi connectivity index (χ2v) is 9.75. The van der Waals surface area contributed by atoms with Crippen molar-refractivity contribution >= 4 is 33.3 Å². The summed E-state index contributed by atoms with van der Waals surface area (Å²) >= 11 is 1.62. The molecule has 184 valence electrons. The number of amides is 1. The normalized spacial score (nSPS) is 14.2. The summed E-state index contributed by atoms with van der Waals surface area (Å²) in [7, 11) is 0. The molecular formula is C28H27FN4O2S. The van der Waals surface area contributed by atoms with Crippen molar-refractivity contribution in [3.05, 3.63) is 100 Å². The summed E-state index contributed by atoms with van der Waals surface area (Å²) < 4.78 is 19.6. The molecule has 4 aromatic rings. The van der Waals surface area contributed by atoms with E-state index in [4.69, 9.17) is 4.74 Å². The fraction of sp³-hybridized carbons (Fsp3) is 0.250. The van der Waals surface area contributed by atoms with Crippen LogP contribution in [0.1, 0.15) is 34.5 Å². The Morgan fingerprint density at radius 1 is 1.22 bits per heavy atom. The van der Waals surface area contributed by atoms with Crippen molar-refractivity contribution in [3.8, 4) is 0 Å². The minimum Gasteiger partial charge on any atom is -0.374 e. The van der Waals surface area contributed by atoms with E-state index in [0.29, 0.717) is 26.3 Å². The lowest BCUT2D eigenvalue weighted by Crippen LogP contribution is -2.34. The van der Waals surface area contributed by atoms with E-state index in [2.05, 4.69) is 27.4 Å². The van der Waals surface area contributed by atoms with Gasteiger partial charge in [0.15, 0.2) is 0 Å². The first kappa shape index (κ1) is 24.1. The first-order valence-corrected chi connectivity index (χ1v) is 12.7. The molecule has 0 bridgehead atoms. The molecule has 3 heterocycles. The predicted molar refractivity (Wildman–Crippen MR) is 140 cm³/mol. The Morgan fingerprint density at radius 3 is 2.89 bits per heavy atom. The summed E-state index contributed by atoms with van der Waals surface area (Å²) in [5.41, 5.74) is 3.06. The highest BCUT2D eigenvalue weighted by Crippen LogP contribution is 2.38. The number of carbonyl (C=O) groups excluding carboxylic acids is 1. The lowest BCUT2D eigenvalue weighted by Gasteiger charge is -2.26. The van der Waals surface area contributed by atoms with Crippen molar-refractivity contribution in [2.45, 2.75) is 32.5 Å². The number of fused-ring (bicyclic) bond motifs is 3. The van der Waals surface area contributed by atoms with Crippen LogP contribution in [0.25, 0.3) is 10.2 Å². The van der Waals surface area contributed by atoms with E-state index in [9.17, 15) is 9.18 Å². The Hall–Kier alpha value is -3.62. The summed E-state index contributed by atoms with van der Waals surface area (Å²) in [5, 5.41) is 4.61. The number of anilines is 1. The highest BCUT2D eigenvalue weighted by molar-refractivity contribution is 7.19. The van der Waals surface area contributed by atoms with Crippen LogP contribution in [0.3, 0.4) is 0 Å². The first-order valence-electron chi connectivity index (χ1n) is 11.9. The molecule has 0 saturated heterocycles. The van der Waals surface area contributed by atoms with E-state index in [-0.39, 0.29) is 17.8 Å². The summed E-state index contributed by atoms with van der Waals surface area (Å²) in [4.78, 5) is 25.4. The minimum absolute atomic E-state index is 0.0321. The molecule has 1 amide bonds. The van der Waals surface area contributed by atoms with Crippen LogP contribution < -0.4 is 5.32 Å². The summed E-state index contributed by atoms with van der Waals surface area (Å²) in [6.07, 6.45) is 5.72. The predicted octanol–water partition coefficient (Wildman–Crippen LogP) is 5.66. The monoisotopic (exact) mass is 502 g/mol. The van der Waals surface area contributed by atoms with Crippen molar-refractivity contribution in [2.75, 3.05) is 18.5 Å². The average Bonchev–Trinajstić information content (AvgIpc) is 3.27. The fourth-order valence-corrected chi connectivity index (χ4v) is 5.67. The van der Waals surface area contributed by atoms with Crippen LogP contribution in [0.5, 0.6) is 0 Å². The summed E-state index contributed by atoms with van der Waals surface area (Å²) in [6, 6.07) is 16.4. The molecule has 2 aromatic carbocycles. The van der Waals surface area contributed by atoms with Gasteiger partial charge in [-0.25, -0.2) is 14.4 Å². The molecule has 5 rings (SSSR count). The number of allylic oxidation sites excluding steroid dienone is 1. The molecule has 0 radical (unpaired) electrons. The number of hydrogen-bond acceptors (Lipinski definition) is 6. The number of aromatic nitrogens is 2. The highest BCUT2D eigenvalue weighted by atomic mass is 32.1. The van der Waals surface area contributed by atoms with Crippen LogP contribution in [-0.2, 0) is 29.1 Å². The molecule has 0 saturated carbocycles. The molecule has 0 spiro atoms. The van der Waals surface area contributed by atoms with Crippen LogP contribution in [0, 0.1) is 5.82 Å². The van der Waals surface area contributed by atoms with Gasteiger partial charge in [0.1, 0.15) is 22.8 Å². The average molecular weight is 503 g/mol. The Kier molecular flexibility index (Phi) is 7.34. The number of nitrogens with one attached hydrogen (secondary N) is 1. The van der Waals surface area contributed by atoms with E-state index in [1.807, 2.05) is 36.1 Å². The van der Waals surface area contributed by atoms with Gasteiger partial charge in [0.25, 0.3) is 0 Å². The van der Waals surface area contributed by atoms with Crippen LogP contribution in [-0.4, -0.2) is 33.9 Å². The second-order valence-electron chi connectivity index (χ2n) is 8.67. The lowest BCUT2D eigenvalue weighted by atomic mass is 10.0. The molecule has 6 nitrogen and oxygen atoms in total. The number of hydrogen-bond donors (Lipinski definition) is 1. The Labute approximate surface area is 213 Å². The quantitative estimate of drug-likeness (QED) is 0.315. The van der Waals surface area contributed by atoms with E-state index >= 15 is 0 Å². The number of thiophene rings is 1. The number of nitrogens with zero attached hydrogens (tertiary/aromatic N) is 3. The highest BCUT2D eigenvalue weighted by Gasteiger charge is 2.26. The lowest BCUT2D eigenvalue weighted by molar-refractivity contribution is -0.126. The van der Waals surface area contributed by atoms with Crippen molar-refractivity contribution in [2.24, 2.45) is 0 Å². The molecule has 1 aliphatic heterocycles.